The molecule has 92 valence electrons. The fourth-order valence-corrected chi connectivity index (χ4v) is 1.62. The van der Waals surface area contributed by atoms with E-state index in [4.69, 9.17) is 10.6 Å². The van der Waals surface area contributed by atoms with Crippen molar-refractivity contribution >= 4 is 17.3 Å². The SMILES string of the molecule is COCC(C)Nc1nc(NN)cn2ccnc12. The van der Waals surface area contributed by atoms with Gasteiger partial charge >= 0.3 is 0 Å². The van der Waals surface area contributed by atoms with Crippen LogP contribution >= 0.6 is 0 Å². The number of fused-ring (bicyclic) bond motifs is 1. The lowest BCUT2D eigenvalue weighted by atomic mass is 10.3. The Morgan fingerprint density at radius 1 is 1.59 bits per heavy atom. The topological polar surface area (TPSA) is 89.5 Å². The van der Waals surface area contributed by atoms with Crippen LogP contribution in [-0.4, -0.2) is 34.1 Å². The van der Waals surface area contributed by atoms with Crippen LogP contribution in [0, 0.1) is 0 Å². The number of rotatable bonds is 5. The van der Waals surface area contributed by atoms with Crippen LogP contribution in [0.15, 0.2) is 18.6 Å². The van der Waals surface area contributed by atoms with Crippen molar-refractivity contribution in [2.75, 3.05) is 24.5 Å². The number of aromatic nitrogens is 3. The van der Waals surface area contributed by atoms with Gasteiger partial charge in [0.25, 0.3) is 0 Å². The summed E-state index contributed by atoms with van der Waals surface area (Å²) in [6.45, 7) is 2.60. The highest BCUT2D eigenvalue weighted by Gasteiger charge is 2.09. The first-order valence-corrected chi connectivity index (χ1v) is 5.30. The maximum Gasteiger partial charge on any atom is 0.180 e. The van der Waals surface area contributed by atoms with Gasteiger partial charge in [-0.1, -0.05) is 0 Å². The number of nitrogens with zero attached hydrogens (tertiary/aromatic N) is 3. The second kappa shape index (κ2) is 4.98. The molecule has 0 spiro atoms. The minimum atomic E-state index is 0.140. The van der Waals surface area contributed by atoms with Crippen LogP contribution in [0.2, 0.25) is 0 Å². The zero-order chi connectivity index (χ0) is 12.3. The minimum Gasteiger partial charge on any atom is -0.383 e. The molecule has 2 aromatic heterocycles. The number of nitrogens with two attached hydrogens (primary N) is 1. The van der Waals surface area contributed by atoms with Crippen molar-refractivity contribution in [1.82, 2.24) is 14.4 Å². The maximum absolute atomic E-state index is 5.37. The Balaban J connectivity index is 2.33. The molecular weight excluding hydrogens is 220 g/mol. The summed E-state index contributed by atoms with van der Waals surface area (Å²) in [6, 6.07) is 0.140. The predicted octanol–water partition coefficient (Wildman–Crippen LogP) is 0.462. The molecule has 2 aromatic rings. The zero-order valence-corrected chi connectivity index (χ0v) is 9.84. The average Bonchev–Trinajstić information content (AvgIpc) is 2.77. The standard InChI is InChI=1S/C10H16N6O/c1-7(6-17-2)13-9-10-12-3-4-16(10)5-8(14-9)15-11/h3-5,7,15H,6,11H2,1-2H3,(H,13,14). The van der Waals surface area contributed by atoms with E-state index < -0.39 is 0 Å². The number of nitrogen functional groups attached to an aromatic ring is 1. The van der Waals surface area contributed by atoms with Crippen LogP contribution in [0.25, 0.3) is 5.65 Å². The number of ether oxygens (including phenoxy) is 1. The molecular formula is C10H16N6O. The molecule has 0 aliphatic carbocycles. The smallest absolute Gasteiger partial charge is 0.180 e. The lowest BCUT2D eigenvalue weighted by Crippen LogP contribution is -2.22. The molecule has 7 heteroatoms. The van der Waals surface area contributed by atoms with E-state index in [0.717, 1.165) is 5.65 Å². The number of hydrogen-bond acceptors (Lipinski definition) is 6. The minimum absolute atomic E-state index is 0.140. The molecule has 17 heavy (non-hydrogen) atoms. The number of methoxy groups -OCH3 is 1. The Hall–Kier alpha value is -1.86. The van der Waals surface area contributed by atoms with E-state index in [1.54, 1.807) is 19.5 Å². The molecule has 0 aromatic carbocycles. The summed E-state index contributed by atoms with van der Waals surface area (Å²) in [5.41, 5.74) is 3.28. The highest BCUT2D eigenvalue weighted by atomic mass is 16.5. The Labute approximate surface area is 99.0 Å². The second-order valence-electron chi connectivity index (χ2n) is 3.78. The summed E-state index contributed by atoms with van der Waals surface area (Å²) in [7, 11) is 1.66. The van der Waals surface area contributed by atoms with Crippen molar-refractivity contribution in [2.45, 2.75) is 13.0 Å². The second-order valence-corrected chi connectivity index (χ2v) is 3.78. The molecule has 0 aliphatic heterocycles. The van der Waals surface area contributed by atoms with Crippen LogP contribution in [0.1, 0.15) is 6.92 Å². The van der Waals surface area contributed by atoms with E-state index in [0.29, 0.717) is 18.2 Å². The molecule has 2 rings (SSSR count). The fourth-order valence-electron chi connectivity index (χ4n) is 1.62. The highest BCUT2D eigenvalue weighted by Crippen LogP contribution is 2.16. The van der Waals surface area contributed by atoms with Gasteiger partial charge in [0.2, 0.25) is 0 Å². The largest absolute Gasteiger partial charge is 0.383 e. The van der Waals surface area contributed by atoms with E-state index in [1.165, 1.54) is 0 Å². The van der Waals surface area contributed by atoms with Crippen molar-refractivity contribution in [2.24, 2.45) is 5.84 Å². The number of imidazole rings is 1. The van der Waals surface area contributed by atoms with Crippen LogP contribution in [0.3, 0.4) is 0 Å². The zero-order valence-electron chi connectivity index (χ0n) is 9.84. The summed E-state index contributed by atoms with van der Waals surface area (Å²) in [6.07, 6.45) is 5.32. The van der Waals surface area contributed by atoms with Crippen LogP contribution in [-0.2, 0) is 4.74 Å². The normalized spacial score (nSPS) is 12.6. The molecule has 0 fully saturated rings. The number of anilines is 2. The Morgan fingerprint density at radius 2 is 2.41 bits per heavy atom. The monoisotopic (exact) mass is 236 g/mol. The van der Waals surface area contributed by atoms with Gasteiger partial charge in [-0.15, -0.1) is 0 Å². The molecule has 0 aliphatic rings. The molecule has 1 atom stereocenters. The van der Waals surface area contributed by atoms with Gasteiger partial charge in [0.15, 0.2) is 17.3 Å². The van der Waals surface area contributed by atoms with Crippen molar-refractivity contribution in [3.8, 4) is 0 Å². The van der Waals surface area contributed by atoms with Gasteiger partial charge in [0.05, 0.1) is 12.8 Å². The molecule has 2 heterocycles. The third-order valence-corrected chi connectivity index (χ3v) is 2.32. The predicted molar refractivity (Wildman–Crippen MR) is 65.8 cm³/mol. The first-order chi connectivity index (χ1) is 8.24. The Bertz CT molecular complexity index is 497. The molecule has 0 bridgehead atoms. The van der Waals surface area contributed by atoms with Gasteiger partial charge in [-0.2, -0.15) is 0 Å². The average molecular weight is 236 g/mol. The van der Waals surface area contributed by atoms with Gasteiger partial charge < -0.3 is 19.9 Å². The molecule has 0 saturated carbocycles. The third kappa shape index (κ3) is 2.45. The van der Waals surface area contributed by atoms with Crippen molar-refractivity contribution in [1.29, 1.82) is 0 Å². The van der Waals surface area contributed by atoms with Crippen molar-refractivity contribution in [3.05, 3.63) is 18.6 Å². The molecule has 0 amide bonds. The number of nitrogens with one attached hydrogen (secondary N) is 2. The van der Waals surface area contributed by atoms with Gasteiger partial charge in [0.1, 0.15) is 0 Å². The Morgan fingerprint density at radius 3 is 3.12 bits per heavy atom. The Kier molecular flexibility index (Phi) is 3.40. The van der Waals surface area contributed by atoms with E-state index in [-0.39, 0.29) is 6.04 Å². The summed E-state index contributed by atoms with van der Waals surface area (Å²) >= 11 is 0. The first-order valence-electron chi connectivity index (χ1n) is 5.30. The maximum atomic E-state index is 5.37. The number of hydrogen-bond donors (Lipinski definition) is 3. The quantitative estimate of drug-likeness (QED) is 0.516. The van der Waals surface area contributed by atoms with E-state index >= 15 is 0 Å². The summed E-state index contributed by atoms with van der Waals surface area (Å²) in [5, 5.41) is 3.23. The lowest BCUT2D eigenvalue weighted by molar-refractivity contribution is 0.190. The number of hydrazine groups is 1. The van der Waals surface area contributed by atoms with E-state index in [9.17, 15) is 0 Å². The van der Waals surface area contributed by atoms with Crippen molar-refractivity contribution in [3.63, 3.8) is 0 Å². The van der Waals surface area contributed by atoms with Gasteiger partial charge in [-0.25, -0.2) is 15.8 Å². The summed E-state index contributed by atoms with van der Waals surface area (Å²) < 4.78 is 6.92. The highest BCUT2D eigenvalue weighted by molar-refractivity contribution is 5.65. The first kappa shape index (κ1) is 11.6. The molecule has 7 nitrogen and oxygen atoms in total. The van der Waals surface area contributed by atoms with Gasteiger partial charge in [0, 0.05) is 25.5 Å². The van der Waals surface area contributed by atoms with E-state index in [1.807, 2.05) is 17.5 Å². The fraction of sp³-hybridized carbons (Fsp3) is 0.400. The molecule has 0 saturated heterocycles. The van der Waals surface area contributed by atoms with Gasteiger partial charge in [-0.05, 0) is 6.92 Å². The molecule has 4 N–H and O–H groups in total. The summed E-state index contributed by atoms with van der Waals surface area (Å²) in [4.78, 5) is 8.56. The lowest BCUT2D eigenvalue weighted by Gasteiger charge is -2.14. The molecule has 0 radical (unpaired) electrons. The summed E-state index contributed by atoms with van der Waals surface area (Å²) in [5.74, 6) is 6.62. The van der Waals surface area contributed by atoms with Crippen LogP contribution in [0.4, 0.5) is 11.6 Å². The van der Waals surface area contributed by atoms with Crippen LogP contribution in [0.5, 0.6) is 0 Å². The van der Waals surface area contributed by atoms with Gasteiger partial charge in [-0.3, -0.25) is 0 Å². The van der Waals surface area contributed by atoms with Crippen LogP contribution < -0.4 is 16.6 Å². The van der Waals surface area contributed by atoms with E-state index in [2.05, 4.69) is 20.7 Å². The van der Waals surface area contributed by atoms with Crippen molar-refractivity contribution < 1.29 is 4.74 Å². The molecule has 1 unspecified atom stereocenters. The third-order valence-electron chi connectivity index (χ3n) is 2.32.